The smallest absolute Gasteiger partial charge is 0.236 e. The molecule has 108 valence electrons. The Labute approximate surface area is 120 Å². The van der Waals surface area contributed by atoms with Crippen molar-refractivity contribution >= 4 is 17.2 Å². The molecule has 1 aromatic heterocycles. The molecule has 4 heteroatoms. The number of hydrogen-bond donors (Lipinski definition) is 2. The van der Waals surface area contributed by atoms with Crippen LogP contribution in [0.3, 0.4) is 0 Å². The Bertz CT molecular complexity index is 351. The Morgan fingerprint density at radius 3 is 2.74 bits per heavy atom. The van der Waals surface area contributed by atoms with E-state index in [2.05, 4.69) is 42.0 Å². The zero-order valence-electron chi connectivity index (χ0n) is 12.2. The molecule has 19 heavy (non-hydrogen) atoms. The van der Waals surface area contributed by atoms with E-state index in [0.717, 1.165) is 32.2 Å². The fourth-order valence-corrected chi connectivity index (χ4v) is 2.83. The highest BCUT2D eigenvalue weighted by molar-refractivity contribution is 7.10. The predicted octanol–water partition coefficient (Wildman–Crippen LogP) is 3.48. The van der Waals surface area contributed by atoms with Crippen LogP contribution in [0.4, 0.5) is 0 Å². The van der Waals surface area contributed by atoms with E-state index in [9.17, 15) is 4.79 Å². The number of thiophene rings is 1. The molecule has 0 fully saturated rings. The first-order valence-corrected chi connectivity index (χ1v) is 8.14. The molecule has 3 nitrogen and oxygen atoms in total. The molecule has 0 aliphatic heterocycles. The molecule has 1 heterocycles. The number of rotatable bonds is 9. The van der Waals surface area contributed by atoms with E-state index in [1.807, 2.05) is 6.92 Å². The summed E-state index contributed by atoms with van der Waals surface area (Å²) < 4.78 is 0. The van der Waals surface area contributed by atoms with Gasteiger partial charge in [0.15, 0.2) is 0 Å². The number of nitrogens with one attached hydrogen (secondary N) is 2. The molecular weight excluding hydrogens is 256 g/mol. The van der Waals surface area contributed by atoms with Gasteiger partial charge >= 0.3 is 0 Å². The molecule has 0 saturated heterocycles. The van der Waals surface area contributed by atoms with Gasteiger partial charge in [-0.25, -0.2) is 0 Å². The third-order valence-electron chi connectivity index (χ3n) is 3.14. The van der Waals surface area contributed by atoms with Crippen molar-refractivity contribution in [3.63, 3.8) is 0 Å². The van der Waals surface area contributed by atoms with E-state index in [1.165, 1.54) is 4.88 Å². The summed E-state index contributed by atoms with van der Waals surface area (Å²) in [5.74, 6) is 0.103. The highest BCUT2D eigenvalue weighted by atomic mass is 32.1. The second kappa shape index (κ2) is 9.10. The molecule has 0 spiro atoms. The normalized spacial score (nSPS) is 14.1. The van der Waals surface area contributed by atoms with Crippen LogP contribution < -0.4 is 10.6 Å². The van der Waals surface area contributed by atoms with Crippen molar-refractivity contribution in [3.05, 3.63) is 22.4 Å². The summed E-state index contributed by atoms with van der Waals surface area (Å²) in [6.07, 6.45) is 4.32. The number of carbonyl (C=O) groups excluding carboxylic acids is 1. The standard InChI is InChI=1S/C15H26N2OS/c1-4-6-10-16-15(18)12(3)17-13(8-5-2)14-9-7-11-19-14/h7,9,11-13,17H,4-6,8,10H2,1-3H3,(H,16,18). The topological polar surface area (TPSA) is 41.1 Å². The molecule has 0 aromatic carbocycles. The summed E-state index contributed by atoms with van der Waals surface area (Å²) in [4.78, 5) is 13.3. The molecule has 1 rings (SSSR count). The van der Waals surface area contributed by atoms with Crippen LogP contribution in [0, 0.1) is 0 Å². The molecular formula is C15H26N2OS. The van der Waals surface area contributed by atoms with E-state index in [0.29, 0.717) is 0 Å². The first-order valence-electron chi connectivity index (χ1n) is 7.26. The molecule has 0 radical (unpaired) electrons. The van der Waals surface area contributed by atoms with Gasteiger partial charge < -0.3 is 5.32 Å². The van der Waals surface area contributed by atoms with Gasteiger partial charge in [0, 0.05) is 17.5 Å². The fraction of sp³-hybridized carbons (Fsp3) is 0.667. The van der Waals surface area contributed by atoms with Crippen LogP contribution in [0.1, 0.15) is 57.4 Å². The zero-order chi connectivity index (χ0) is 14.1. The van der Waals surface area contributed by atoms with Crippen molar-refractivity contribution in [1.29, 1.82) is 0 Å². The largest absolute Gasteiger partial charge is 0.355 e. The van der Waals surface area contributed by atoms with E-state index >= 15 is 0 Å². The first-order chi connectivity index (χ1) is 9.19. The van der Waals surface area contributed by atoms with Gasteiger partial charge in [-0.05, 0) is 31.2 Å². The maximum Gasteiger partial charge on any atom is 0.236 e. The number of amides is 1. The van der Waals surface area contributed by atoms with E-state index in [-0.39, 0.29) is 18.0 Å². The maximum absolute atomic E-state index is 12.0. The molecule has 1 amide bonds. The van der Waals surface area contributed by atoms with Gasteiger partial charge in [0.25, 0.3) is 0 Å². The highest BCUT2D eigenvalue weighted by Gasteiger charge is 2.18. The van der Waals surface area contributed by atoms with Crippen LogP contribution in [0.15, 0.2) is 17.5 Å². The lowest BCUT2D eigenvalue weighted by Crippen LogP contribution is -2.43. The Hall–Kier alpha value is -0.870. The van der Waals surface area contributed by atoms with Crippen LogP contribution in [0.5, 0.6) is 0 Å². The average Bonchev–Trinajstić information content (AvgIpc) is 2.92. The second-order valence-corrected chi connectivity index (χ2v) is 5.87. The quantitative estimate of drug-likeness (QED) is 0.681. The van der Waals surface area contributed by atoms with E-state index in [1.54, 1.807) is 11.3 Å². The van der Waals surface area contributed by atoms with Crippen molar-refractivity contribution in [2.45, 2.75) is 58.5 Å². The lowest BCUT2D eigenvalue weighted by Gasteiger charge is -2.21. The lowest BCUT2D eigenvalue weighted by atomic mass is 10.1. The molecule has 2 unspecified atom stereocenters. The fourth-order valence-electron chi connectivity index (χ4n) is 2.00. The minimum Gasteiger partial charge on any atom is -0.355 e. The van der Waals surface area contributed by atoms with Gasteiger partial charge in [-0.1, -0.05) is 32.8 Å². The highest BCUT2D eigenvalue weighted by Crippen LogP contribution is 2.23. The van der Waals surface area contributed by atoms with Crippen LogP contribution in [0.25, 0.3) is 0 Å². The van der Waals surface area contributed by atoms with Crippen LogP contribution in [-0.4, -0.2) is 18.5 Å². The van der Waals surface area contributed by atoms with Gasteiger partial charge in [-0.15, -0.1) is 11.3 Å². The minimum absolute atomic E-state index is 0.103. The summed E-state index contributed by atoms with van der Waals surface area (Å²) in [6.45, 7) is 7.02. The third-order valence-corrected chi connectivity index (χ3v) is 4.12. The second-order valence-electron chi connectivity index (χ2n) is 4.89. The Morgan fingerprint density at radius 1 is 1.37 bits per heavy atom. The third kappa shape index (κ3) is 5.74. The van der Waals surface area contributed by atoms with Gasteiger partial charge in [-0.3, -0.25) is 10.1 Å². The van der Waals surface area contributed by atoms with E-state index < -0.39 is 0 Å². The predicted molar refractivity (Wildman–Crippen MR) is 82.5 cm³/mol. The van der Waals surface area contributed by atoms with Crippen LogP contribution in [-0.2, 0) is 4.79 Å². The Kier molecular flexibility index (Phi) is 7.75. The van der Waals surface area contributed by atoms with Crippen LogP contribution in [0.2, 0.25) is 0 Å². The number of carbonyl (C=O) groups is 1. The molecule has 0 bridgehead atoms. The minimum atomic E-state index is -0.143. The van der Waals surface area contributed by atoms with Gasteiger partial charge in [-0.2, -0.15) is 0 Å². The summed E-state index contributed by atoms with van der Waals surface area (Å²) in [6, 6.07) is 4.35. The van der Waals surface area contributed by atoms with Gasteiger partial charge in [0.05, 0.1) is 6.04 Å². The van der Waals surface area contributed by atoms with Crippen molar-refractivity contribution in [3.8, 4) is 0 Å². The summed E-state index contributed by atoms with van der Waals surface area (Å²) in [7, 11) is 0. The summed E-state index contributed by atoms with van der Waals surface area (Å²) in [5, 5.41) is 8.51. The monoisotopic (exact) mass is 282 g/mol. The van der Waals surface area contributed by atoms with Gasteiger partial charge in [0.1, 0.15) is 0 Å². The lowest BCUT2D eigenvalue weighted by molar-refractivity contribution is -0.122. The Balaban J connectivity index is 2.47. The number of hydrogen-bond acceptors (Lipinski definition) is 3. The molecule has 2 atom stereocenters. The summed E-state index contributed by atoms with van der Waals surface area (Å²) >= 11 is 1.75. The molecule has 2 N–H and O–H groups in total. The molecule has 0 saturated carbocycles. The van der Waals surface area contributed by atoms with Crippen molar-refractivity contribution < 1.29 is 4.79 Å². The average molecular weight is 282 g/mol. The number of unbranched alkanes of at least 4 members (excludes halogenated alkanes) is 1. The van der Waals surface area contributed by atoms with Crippen molar-refractivity contribution in [1.82, 2.24) is 10.6 Å². The SMILES string of the molecule is CCCCNC(=O)C(C)NC(CCC)c1cccs1. The maximum atomic E-state index is 12.0. The van der Waals surface area contributed by atoms with Crippen molar-refractivity contribution in [2.24, 2.45) is 0 Å². The Morgan fingerprint density at radius 2 is 2.16 bits per heavy atom. The zero-order valence-corrected chi connectivity index (χ0v) is 13.1. The van der Waals surface area contributed by atoms with E-state index in [4.69, 9.17) is 0 Å². The van der Waals surface area contributed by atoms with Crippen molar-refractivity contribution in [2.75, 3.05) is 6.54 Å². The molecule has 1 aromatic rings. The first kappa shape index (κ1) is 16.2. The van der Waals surface area contributed by atoms with Gasteiger partial charge in [0.2, 0.25) is 5.91 Å². The molecule has 0 aliphatic rings. The van der Waals surface area contributed by atoms with Crippen LogP contribution >= 0.6 is 11.3 Å². The molecule has 0 aliphatic carbocycles. The summed E-state index contributed by atoms with van der Waals surface area (Å²) in [5.41, 5.74) is 0.